The Bertz CT molecular complexity index is 398. The smallest absolute Gasteiger partial charge is 0.338 e. The van der Waals surface area contributed by atoms with Gasteiger partial charge in [0.25, 0.3) is 0 Å². The highest BCUT2D eigenvalue weighted by molar-refractivity contribution is 5.89. The fraction of sp³-hybridized carbons (Fsp3) is 0.588. The summed E-state index contributed by atoms with van der Waals surface area (Å²) < 4.78 is 5.27. The molecule has 0 aliphatic rings. The van der Waals surface area contributed by atoms with Crippen LogP contribution >= 0.6 is 0 Å². The number of unbranched alkanes of at least 4 members (excludes halogenated alkanes) is 3. The van der Waals surface area contributed by atoms with Crippen molar-refractivity contribution in [3.8, 4) is 0 Å². The lowest BCUT2D eigenvalue weighted by atomic mass is 10.1. The maximum atomic E-state index is 11.9. The summed E-state index contributed by atoms with van der Waals surface area (Å²) in [5, 5.41) is 0. The van der Waals surface area contributed by atoms with Crippen LogP contribution in [-0.4, -0.2) is 31.6 Å². The first-order chi connectivity index (χ1) is 9.56. The normalized spacial score (nSPS) is 12.4. The quantitative estimate of drug-likeness (QED) is 0.530. The topological polar surface area (TPSA) is 29.5 Å². The van der Waals surface area contributed by atoms with Crippen LogP contribution in [0.4, 0.5) is 0 Å². The molecular formula is C17H27NO2. The third kappa shape index (κ3) is 5.33. The van der Waals surface area contributed by atoms with Gasteiger partial charge in [-0.05, 0) is 45.1 Å². The lowest BCUT2D eigenvalue weighted by Gasteiger charge is -2.20. The van der Waals surface area contributed by atoms with E-state index in [9.17, 15) is 4.79 Å². The van der Waals surface area contributed by atoms with Crippen molar-refractivity contribution in [3.05, 3.63) is 35.4 Å². The second-order valence-corrected chi connectivity index (χ2v) is 5.46. The average molecular weight is 277 g/mol. The molecular weight excluding hydrogens is 250 g/mol. The van der Waals surface area contributed by atoms with Gasteiger partial charge in [0.2, 0.25) is 0 Å². The van der Waals surface area contributed by atoms with Crippen molar-refractivity contribution in [2.75, 3.05) is 20.7 Å². The van der Waals surface area contributed by atoms with Gasteiger partial charge in [0.15, 0.2) is 0 Å². The van der Waals surface area contributed by atoms with Crippen molar-refractivity contribution in [2.24, 2.45) is 0 Å². The molecule has 3 heteroatoms. The van der Waals surface area contributed by atoms with Gasteiger partial charge < -0.3 is 9.64 Å². The van der Waals surface area contributed by atoms with Crippen molar-refractivity contribution < 1.29 is 9.53 Å². The van der Waals surface area contributed by atoms with Crippen LogP contribution in [0.3, 0.4) is 0 Å². The molecule has 20 heavy (non-hydrogen) atoms. The number of hydrogen-bond donors (Lipinski definition) is 0. The molecule has 112 valence electrons. The predicted octanol–water partition coefficient (Wildman–Crippen LogP) is 4.05. The van der Waals surface area contributed by atoms with Crippen molar-refractivity contribution in [1.29, 1.82) is 0 Å². The number of rotatable bonds is 8. The zero-order valence-electron chi connectivity index (χ0n) is 13.2. The molecule has 0 radical (unpaired) electrons. The van der Waals surface area contributed by atoms with Crippen LogP contribution in [0.5, 0.6) is 0 Å². The highest BCUT2D eigenvalue weighted by Crippen LogP contribution is 2.18. The molecule has 0 amide bonds. The lowest BCUT2D eigenvalue weighted by molar-refractivity contribution is 0.0498. The Hall–Kier alpha value is -1.35. The maximum Gasteiger partial charge on any atom is 0.338 e. The Morgan fingerprint density at radius 1 is 1.15 bits per heavy atom. The van der Waals surface area contributed by atoms with Gasteiger partial charge in [-0.1, -0.05) is 38.3 Å². The summed E-state index contributed by atoms with van der Waals surface area (Å²) in [5.74, 6) is -0.217. The molecule has 0 aliphatic heterocycles. The van der Waals surface area contributed by atoms with Gasteiger partial charge in [0.05, 0.1) is 12.2 Å². The van der Waals surface area contributed by atoms with Gasteiger partial charge in [-0.15, -0.1) is 0 Å². The monoisotopic (exact) mass is 277 g/mol. The van der Waals surface area contributed by atoms with E-state index in [1.54, 1.807) is 0 Å². The molecule has 1 aromatic rings. The van der Waals surface area contributed by atoms with E-state index < -0.39 is 0 Å². The molecule has 0 heterocycles. The number of carbonyl (C=O) groups is 1. The van der Waals surface area contributed by atoms with Gasteiger partial charge >= 0.3 is 5.97 Å². The van der Waals surface area contributed by atoms with Gasteiger partial charge in [0.1, 0.15) is 0 Å². The molecule has 1 rings (SSSR count). The fourth-order valence-electron chi connectivity index (χ4n) is 1.97. The van der Waals surface area contributed by atoms with E-state index in [2.05, 4.69) is 18.7 Å². The Morgan fingerprint density at radius 2 is 1.80 bits per heavy atom. The molecule has 0 bridgehead atoms. The second-order valence-electron chi connectivity index (χ2n) is 5.46. The number of nitrogens with zero attached hydrogens (tertiary/aromatic N) is 1. The van der Waals surface area contributed by atoms with Gasteiger partial charge in [0, 0.05) is 6.04 Å². The van der Waals surface area contributed by atoms with E-state index in [-0.39, 0.29) is 5.97 Å². The van der Waals surface area contributed by atoms with Crippen molar-refractivity contribution in [3.63, 3.8) is 0 Å². The molecule has 0 saturated heterocycles. The van der Waals surface area contributed by atoms with Crippen LogP contribution in [-0.2, 0) is 4.74 Å². The fourth-order valence-corrected chi connectivity index (χ4v) is 1.97. The third-order valence-electron chi connectivity index (χ3n) is 3.63. The number of esters is 1. The van der Waals surface area contributed by atoms with Crippen LogP contribution in [0.2, 0.25) is 0 Å². The molecule has 0 fully saturated rings. The van der Waals surface area contributed by atoms with E-state index in [1.807, 2.05) is 38.4 Å². The number of ether oxygens (including phenoxy) is 1. The minimum Gasteiger partial charge on any atom is -0.462 e. The summed E-state index contributed by atoms with van der Waals surface area (Å²) >= 11 is 0. The number of hydrogen-bond acceptors (Lipinski definition) is 3. The van der Waals surface area contributed by atoms with E-state index in [0.717, 1.165) is 12.8 Å². The van der Waals surface area contributed by atoms with Crippen LogP contribution < -0.4 is 0 Å². The molecule has 1 aromatic carbocycles. The molecule has 0 saturated carbocycles. The Kier molecular flexibility index (Phi) is 7.31. The van der Waals surface area contributed by atoms with E-state index in [0.29, 0.717) is 18.2 Å². The zero-order chi connectivity index (χ0) is 15.0. The van der Waals surface area contributed by atoms with Crippen LogP contribution in [0.1, 0.15) is 61.5 Å². The lowest BCUT2D eigenvalue weighted by Crippen LogP contribution is -2.16. The summed E-state index contributed by atoms with van der Waals surface area (Å²) in [5.41, 5.74) is 1.84. The Labute approximate surface area is 122 Å². The summed E-state index contributed by atoms with van der Waals surface area (Å²) in [6.45, 7) is 4.83. The first-order valence-corrected chi connectivity index (χ1v) is 7.49. The van der Waals surface area contributed by atoms with E-state index in [4.69, 9.17) is 4.74 Å². The standard InChI is InChI=1S/C17H27NO2/c1-5-6-7-8-13-20-17(19)16-11-9-15(10-12-16)14(2)18(3)4/h9-12,14H,5-8,13H2,1-4H3. The summed E-state index contributed by atoms with van der Waals surface area (Å²) in [4.78, 5) is 14.0. The van der Waals surface area contributed by atoms with Gasteiger partial charge in [-0.3, -0.25) is 0 Å². The largest absolute Gasteiger partial charge is 0.462 e. The van der Waals surface area contributed by atoms with Crippen LogP contribution in [0.15, 0.2) is 24.3 Å². The summed E-state index contributed by atoms with van der Waals surface area (Å²) in [7, 11) is 4.09. The third-order valence-corrected chi connectivity index (χ3v) is 3.63. The number of carbonyl (C=O) groups excluding carboxylic acids is 1. The first kappa shape index (κ1) is 16.7. The predicted molar refractivity (Wildman–Crippen MR) is 83.0 cm³/mol. The first-order valence-electron chi connectivity index (χ1n) is 7.49. The highest BCUT2D eigenvalue weighted by atomic mass is 16.5. The van der Waals surface area contributed by atoms with Crippen LogP contribution in [0.25, 0.3) is 0 Å². The SMILES string of the molecule is CCCCCCOC(=O)c1ccc(C(C)N(C)C)cc1. The van der Waals surface area contributed by atoms with E-state index in [1.165, 1.54) is 18.4 Å². The average Bonchev–Trinajstić information content (AvgIpc) is 2.46. The molecule has 1 unspecified atom stereocenters. The molecule has 3 nitrogen and oxygen atoms in total. The summed E-state index contributed by atoms with van der Waals surface area (Å²) in [6.07, 6.45) is 4.48. The van der Waals surface area contributed by atoms with Crippen molar-refractivity contribution in [2.45, 2.75) is 45.6 Å². The van der Waals surface area contributed by atoms with Gasteiger partial charge in [-0.25, -0.2) is 4.79 Å². The molecule has 0 N–H and O–H groups in total. The molecule has 0 aromatic heterocycles. The minimum atomic E-state index is -0.217. The minimum absolute atomic E-state index is 0.217. The van der Waals surface area contributed by atoms with Crippen molar-refractivity contribution in [1.82, 2.24) is 4.90 Å². The Balaban J connectivity index is 2.45. The van der Waals surface area contributed by atoms with Crippen LogP contribution in [0, 0.1) is 0 Å². The summed E-state index contributed by atoms with van der Waals surface area (Å²) in [6, 6.07) is 8.04. The maximum absolute atomic E-state index is 11.9. The number of benzene rings is 1. The van der Waals surface area contributed by atoms with Crippen molar-refractivity contribution >= 4 is 5.97 Å². The zero-order valence-corrected chi connectivity index (χ0v) is 13.2. The Morgan fingerprint density at radius 3 is 2.35 bits per heavy atom. The molecule has 1 atom stereocenters. The van der Waals surface area contributed by atoms with Gasteiger partial charge in [-0.2, -0.15) is 0 Å². The molecule has 0 spiro atoms. The second kappa shape index (κ2) is 8.75. The highest BCUT2D eigenvalue weighted by Gasteiger charge is 2.10. The van der Waals surface area contributed by atoms with E-state index >= 15 is 0 Å². The molecule has 0 aliphatic carbocycles.